The first-order valence-electron chi connectivity index (χ1n) is 6.14. The van der Waals surface area contributed by atoms with Gasteiger partial charge in [-0.1, -0.05) is 29.8 Å². The number of ether oxygens (including phenoxy) is 1. The largest absolute Gasteiger partial charge is 0.457 e. The molecule has 6 heteroatoms. The Balaban J connectivity index is 2.10. The van der Waals surface area contributed by atoms with Crippen LogP contribution in [0.25, 0.3) is 0 Å². The summed E-state index contributed by atoms with van der Waals surface area (Å²) >= 11 is 5.83. The second-order valence-electron chi connectivity index (χ2n) is 4.46. The van der Waals surface area contributed by atoms with Crippen LogP contribution in [0, 0.1) is 17.0 Å². The third kappa shape index (κ3) is 3.79. The second-order valence-corrected chi connectivity index (χ2v) is 4.90. The van der Waals surface area contributed by atoms with Gasteiger partial charge in [0.2, 0.25) is 0 Å². The highest BCUT2D eigenvalue weighted by Gasteiger charge is 2.15. The summed E-state index contributed by atoms with van der Waals surface area (Å²) in [6.45, 7) is 1.67. The zero-order valence-electron chi connectivity index (χ0n) is 11.2. The van der Waals surface area contributed by atoms with Crippen molar-refractivity contribution in [2.45, 2.75) is 13.5 Å². The lowest BCUT2D eigenvalue weighted by Crippen LogP contribution is -2.06. The molecule has 0 aliphatic heterocycles. The molecular weight excluding hydrogens is 294 g/mol. The Morgan fingerprint density at radius 3 is 2.71 bits per heavy atom. The maximum atomic E-state index is 11.9. The van der Waals surface area contributed by atoms with Crippen LogP contribution in [0.1, 0.15) is 21.5 Å². The van der Waals surface area contributed by atoms with Crippen LogP contribution in [0.15, 0.2) is 42.5 Å². The average Bonchev–Trinajstić information content (AvgIpc) is 2.45. The fraction of sp³-hybridized carbons (Fsp3) is 0.133. The number of benzene rings is 2. The van der Waals surface area contributed by atoms with E-state index in [9.17, 15) is 14.9 Å². The number of hydrogen-bond acceptors (Lipinski definition) is 4. The zero-order chi connectivity index (χ0) is 15.4. The monoisotopic (exact) mass is 305 g/mol. The molecule has 21 heavy (non-hydrogen) atoms. The normalized spacial score (nSPS) is 10.2. The molecule has 108 valence electrons. The van der Waals surface area contributed by atoms with Crippen molar-refractivity contribution in [3.8, 4) is 0 Å². The van der Waals surface area contributed by atoms with E-state index in [4.69, 9.17) is 16.3 Å². The maximum absolute atomic E-state index is 11.9. The highest BCUT2D eigenvalue weighted by atomic mass is 35.5. The first-order chi connectivity index (χ1) is 9.97. The van der Waals surface area contributed by atoms with Crippen molar-refractivity contribution >= 4 is 23.3 Å². The van der Waals surface area contributed by atoms with Crippen molar-refractivity contribution < 1.29 is 14.5 Å². The standard InChI is InChI=1S/C15H12ClNO4/c1-10-5-6-12(8-14(10)17(19)20)15(18)21-9-11-3-2-4-13(16)7-11/h2-8H,9H2,1H3. The van der Waals surface area contributed by atoms with Gasteiger partial charge in [0, 0.05) is 16.7 Å². The lowest BCUT2D eigenvalue weighted by molar-refractivity contribution is -0.385. The number of nitro benzene ring substituents is 1. The highest BCUT2D eigenvalue weighted by molar-refractivity contribution is 6.30. The van der Waals surface area contributed by atoms with Crippen LogP contribution in [-0.2, 0) is 11.3 Å². The minimum atomic E-state index is -0.613. The van der Waals surface area contributed by atoms with Gasteiger partial charge in [-0.15, -0.1) is 0 Å². The third-order valence-electron chi connectivity index (χ3n) is 2.90. The Hall–Kier alpha value is -2.40. The fourth-order valence-corrected chi connectivity index (χ4v) is 2.00. The predicted molar refractivity (Wildman–Crippen MR) is 78.4 cm³/mol. The smallest absolute Gasteiger partial charge is 0.338 e. The number of hydrogen-bond donors (Lipinski definition) is 0. The van der Waals surface area contributed by atoms with E-state index in [0.29, 0.717) is 10.6 Å². The van der Waals surface area contributed by atoms with Gasteiger partial charge in [-0.05, 0) is 30.7 Å². The Morgan fingerprint density at radius 1 is 1.29 bits per heavy atom. The Kier molecular flexibility index (Phi) is 4.55. The van der Waals surface area contributed by atoms with Gasteiger partial charge in [0.05, 0.1) is 10.5 Å². The van der Waals surface area contributed by atoms with Gasteiger partial charge in [-0.3, -0.25) is 10.1 Å². The van der Waals surface area contributed by atoms with E-state index in [2.05, 4.69) is 0 Å². The Labute approximate surface area is 126 Å². The summed E-state index contributed by atoms with van der Waals surface area (Å²) in [4.78, 5) is 22.2. The molecule has 0 aliphatic carbocycles. The molecule has 0 aromatic heterocycles. The molecule has 0 saturated heterocycles. The SMILES string of the molecule is Cc1ccc(C(=O)OCc2cccc(Cl)c2)cc1[N+](=O)[O-]. The Morgan fingerprint density at radius 2 is 2.05 bits per heavy atom. The fourth-order valence-electron chi connectivity index (χ4n) is 1.79. The van der Waals surface area contributed by atoms with Gasteiger partial charge in [-0.25, -0.2) is 4.79 Å². The van der Waals surface area contributed by atoms with Crippen LogP contribution < -0.4 is 0 Å². The summed E-state index contributed by atoms with van der Waals surface area (Å²) in [7, 11) is 0. The van der Waals surface area contributed by atoms with E-state index >= 15 is 0 Å². The van der Waals surface area contributed by atoms with Gasteiger partial charge in [0.25, 0.3) is 5.69 Å². The lowest BCUT2D eigenvalue weighted by atomic mass is 10.1. The van der Waals surface area contributed by atoms with Crippen molar-refractivity contribution in [3.63, 3.8) is 0 Å². The van der Waals surface area contributed by atoms with Crippen LogP contribution >= 0.6 is 11.6 Å². The summed E-state index contributed by atoms with van der Waals surface area (Å²) in [6.07, 6.45) is 0. The minimum Gasteiger partial charge on any atom is -0.457 e. The molecule has 0 bridgehead atoms. The van der Waals surface area contributed by atoms with Crippen LogP contribution in [0.4, 0.5) is 5.69 Å². The molecule has 2 aromatic rings. The van der Waals surface area contributed by atoms with Crippen LogP contribution in [-0.4, -0.2) is 10.9 Å². The number of nitro groups is 1. The maximum Gasteiger partial charge on any atom is 0.338 e. The van der Waals surface area contributed by atoms with E-state index in [1.165, 1.54) is 18.2 Å². The highest BCUT2D eigenvalue weighted by Crippen LogP contribution is 2.20. The molecule has 0 N–H and O–H groups in total. The van der Waals surface area contributed by atoms with Gasteiger partial charge in [0.1, 0.15) is 6.61 Å². The molecule has 0 fully saturated rings. The predicted octanol–water partition coefficient (Wildman–Crippen LogP) is 3.91. The second kappa shape index (κ2) is 6.37. The topological polar surface area (TPSA) is 69.4 Å². The van der Waals surface area contributed by atoms with Crippen molar-refractivity contribution in [1.82, 2.24) is 0 Å². The van der Waals surface area contributed by atoms with E-state index < -0.39 is 10.9 Å². The van der Waals surface area contributed by atoms with E-state index in [1.54, 1.807) is 31.2 Å². The summed E-state index contributed by atoms with van der Waals surface area (Å²) < 4.78 is 5.12. The van der Waals surface area contributed by atoms with Crippen molar-refractivity contribution in [2.75, 3.05) is 0 Å². The van der Waals surface area contributed by atoms with Gasteiger partial charge in [0.15, 0.2) is 0 Å². The number of halogens is 1. The molecule has 2 rings (SSSR count). The summed E-state index contributed by atoms with van der Waals surface area (Å²) in [5.41, 5.74) is 1.28. The zero-order valence-corrected chi connectivity index (χ0v) is 12.0. The number of nitrogens with zero attached hydrogens (tertiary/aromatic N) is 1. The van der Waals surface area contributed by atoms with Gasteiger partial charge in [-0.2, -0.15) is 0 Å². The molecule has 0 radical (unpaired) electrons. The molecule has 5 nitrogen and oxygen atoms in total. The molecule has 0 aliphatic rings. The summed E-state index contributed by atoms with van der Waals surface area (Å²) in [6, 6.07) is 11.2. The van der Waals surface area contributed by atoms with Crippen LogP contribution in [0.2, 0.25) is 5.02 Å². The number of rotatable bonds is 4. The minimum absolute atomic E-state index is 0.0566. The summed E-state index contributed by atoms with van der Waals surface area (Å²) in [5.74, 6) is -0.613. The quantitative estimate of drug-likeness (QED) is 0.488. The first-order valence-corrected chi connectivity index (χ1v) is 6.52. The van der Waals surface area contributed by atoms with Crippen LogP contribution in [0.3, 0.4) is 0 Å². The first kappa shape index (κ1) is 15.0. The molecule has 0 unspecified atom stereocenters. The van der Waals surface area contributed by atoms with Crippen molar-refractivity contribution in [1.29, 1.82) is 0 Å². The molecule has 0 spiro atoms. The number of carbonyl (C=O) groups excluding carboxylic acids is 1. The third-order valence-corrected chi connectivity index (χ3v) is 3.14. The van der Waals surface area contributed by atoms with Gasteiger partial charge >= 0.3 is 5.97 Å². The Bertz CT molecular complexity index is 700. The molecule has 0 saturated carbocycles. The van der Waals surface area contributed by atoms with Crippen molar-refractivity contribution in [2.24, 2.45) is 0 Å². The summed E-state index contributed by atoms with van der Waals surface area (Å²) in [5, 5.41) is 11.4. The number of esters is 1. The molecule has 0 atom stereocenters. The van der Waals surface area contributed by atoms with E-state index in [-0.39, 0.29) is 17.9 Å². The van der Waals surface area contributed by atoms with E-state index in [1.807, 2.05) is 0 Å². The average molecular weight is 306 g/mol. The molecule has 2 aromatic carbocycles. The lowest BCUT2D eigenvalue weighted by Gasteiger charge is -2.06. The molecule has 0 amide bonds. The van der Waals surface area contributed by atoms with Crippen LogP contribution in [0.5, 0.6) is 0 Å². The molecular formula is C15H12ClNO4. The van der Waals surface area contributed by atoms with E-state index in [0.717, 1.165) is 5.56 Å². The van der Waals surface area contributed by atoms with Crippen molar-refractivity contribution in [3.05, 3.63) is 74.3 Å². The number of aryl methyl sites for hydroxylation is 1. The van der Waals surface area contributed by atoms with Gasteiger partial charge < -0.3 is 4.74 Å². The molecule has 0 heterocycles. The number of carbonyl (C=O) groups is 1.